The SMILES string of the molecule is CC(=O)N/C(=C\c1cccc([N+](=O)[O-])c1)C(=O)NCc1ccccc1Cl. The third-order valence-corrected chi connectivity index (χ3v) is 3.71. The number of rotatable bonds is 6. The van der Waals surface area contributed by atoms with Gasteiger partial charge < -0.3 is 10.6 Å². The first-order valence-electron chi connectivity index (χ1n) is 7.62. The summed E-state index contributed by atoms with van der Waals surface area (Å²) in [5.74, 6) is -0.971. The minimum atomic E-state index is -0.536. The normalized spacial score (nSPS) is 10.9. The summed E-state index contributed by atoms with van der Waals surface area (Å²) < 4.78 is 0. The summed E-state index contributed by atoms with van der Waals surface area (Å²) in [6, 6.07) is 12.8. The Hall–Kier alpha value is -3.19. The van der Waals surface area contributed by atoms with Crippen molar-refractivity contribution in [2.45, 2.75) is 13.5 Å². The second-order valence-electron chi connectivity index (χ2n) is 5.37. The lowest BCUT2D eigenvalue weighted by Gasteiger charge is -2.10. The summed E-state index contributed by atoms with van der Waals surface area (Å²) >= 11 is 6.05. The molecule has 8 heteroatoms. The third kappa shape index (κ3) is 5.42. The number of benzene rings is 2. The average Bonchev–Trinajstić information content (AvgIpc) is 2.60. The highest BCUT2D eigenvalue weighted by Gasteiger charge is 2.13. The second kappa shape index (κ2) is 8.77. The van der Waals surface area contributed by atoms with E-state index in [-0.39, 0.29) is 17.9 Å². The molecule has 2 amide bonds. The first-order chi connectivity index (χ1) is 12.4. The van der Waals surface area contributed by atoms with Gasteiger partial charge in [0.15, 0.2) is 0 Å². The quantitative estimate of drug-likeness (QED) is 0.461. The molecule has 0 saturated carbocycles. The summed E-state index contributed by atoms with van der Waals surface area (Å²) in [6.45, 7) is 1.44. The molecule has 0 fully saturated rings. The molecule has 0 aliphatic carbocycles. The molecule has 0 aliphatic rings. The smallest absolute Gasteiger partial charge is 0.270 e. The lowest BCUT2D eigenvalue weighted by molar-refractivity contribution is -0.384. The van der Waals surface area contributed by atoms with Gasteiger partial charge in [-0.05, 0) is 23.3 Å². The average molecular weight is 374 g/mol. The van der Waals surface area contributed by atoms with Crippen LogP contribution in [0.2, 0.25) is 5.02 Å². The standard InChI is InChI=1S/C18H16ClN3O4/c1-12(23)21-17(10-13-5-4-7-15(9-13)22(25)26)18(24)20-11-14-6-2-3-8-16(14)19/h2-10H,11H2,1H3,(H,20,24)(H,21,23)/b17-10-. The molecule has 134 valence electrons. The molecule has 0 atom stereocenters. The fourth-order valence-corrected chi connectivity index (χ4v) is 2.36. The molecular formula is C18H16ClN3O4. The number of nitrogens with one attached hydrogen (secondary N) is 2. The number of amides is 2. The Bertz CT molecular complexity index is 880. The Kier molecular flexibility index (Phi) is 6.46. The first-order valence-corrected chi connectivity index (χ1v) is 8.00. The lowest BCUT2D eigenvalue weighted by Crippen LogP contribution is -2.33. The monoisotopic (exact) mass is 373 g/mol. The lowest BCUT2D eigenvalue weighted by atomic mass is 10.1. The van der Waals surface area contributed by atoms with E-state index in [1.54, 1.807) is 30.3 Å². The van der Waals surface area contributed by atoms with Gasteiger partial charge in [0, 0.05) is 30.6 Å². The minimum Gasteiger partial charge on any atom is -0.347 e. The van der Waals surface area contributed by atoms with Crippen molar-refractivity contribution in [3.63, 3.8) is 0 Å². The maximum absolute atomic E-state index is 12.4. The van der Waals surface area contributed by atoms with Gasteiger partial charge in [0.2, 0.25) is 5.91 Å². The second-order valence-corrected chi connectivity index (χ2v) is 5.77. The van der Waals surface area contributed by atoms with E-state index in [4.69, 9.17) is 11.6 Å². The molecule has 0 heterocycles. The molecule has 0 radical (unpaired) electrons. The molecule has 26 heavy (non-hydrogen) atoms. The van der Waals surface area contributed by atoms with Crippen molar-refractivity contribution in [3.8, 4) is 0 Å². The van der Waals surface area contributed by atoms with Gasteiger partial charge in [-0.15, -0.1) is 0 Å². The summed E-state index contributed by atoms with van der Waals surface area (Å²) in [6.07, 6.45) is 1.37. The zero-order chi connectivity index (χ0) is 19.1. The molecule has 0 saturated heterocycles. The van der Waals surface area contributed by atoms with Crippen LogP contribution >= 0.6 is 11.6 Å². The van der Waals surface area contributed by atoms with Crippen molar-refractivity contribution in [2.24, 2.45) is 0 Å². The fraction of sp³-hybridized carbons (Fsp3) is 0.111. The number of nitro benzene ring substituents is 1. The van der Waals surface area contributed by atoms with E-state index in [2.05, 4.69) is 10.6 Å². The molecule has 7 nitrogen and oxygen atoms in total. The van der Waals surface area contributed by atoms with Gasteiger partial charge in [-0.1, -0.05) is 41.9 Å². The van der Waals surface area contributed by atoms with E-state index in [1.807, 2.05) is 0 Å². The Balaban J connectivity index is 2.21. The minimum absolute atomic E-state index is 0.0231. The zero-order valence-corrected chi connectivity index (χ0v) is 14.6. The number of nitro groups is 1. The van der Waals surface area contributed by atoms with E-state index < -0.39 is 16.7 Å². The number of halogens is 1. The van der Waals surface area contributed by atoms with E-state index in [1.165, 1.54) is 31.2 Å². The molecule has 0 unspecified atom stereocenters. The van der Waals surface area contributed by atoms with Crippen LogP contribution in [-0.2, 0) is 16.1 Å². The number of carbonyl (C=O) groups is 2. The van der Waals surface area contributed by atoms with Crippen LogP contribution in [0, 0.1) is 10.1 Å². The molecule has 2 N–H and O–H groups in total. The summed E-state index contributed by atoms with van der Waals surface area (Å²) in [4.78, 5) is 34.1. The summed E-state index contributed by atoms with van der Waals surface area (Å²) in [5.41, 5.74) is 0.998. The van der Waals surface area contributed by atoms with Crippen LogP contribution in [0.4, 0.5) is 5.69 Å². The molecule has 2 aromatic carbocycles. The molecule has 0 aliphatic heterocycles. The highest BCUT2D eigenvalue weighted by molar-refractivity contribution is 6.31. The predicted octanol–water partition coefficient (Wildman–Crippen LogP) is 3.04. The third-order valence-electron chi connectivity index (χ3n) is 3.34. The van der Waals surface area contributed by atoms with E-state index in [0.29, 0.717) is 10.6 Å². The largest absolute Gasteiger partial charge is 0.347 e. The van der Waals surface area contributed by atoms with Crippen molar-refractivity contribution in [1.29, 1.82) is 0 Å². The Morgan fingerprint density at radius 3 is 2.58 bits per heavy atom. The number of nitrogens with zero attached hydrogens (tertiary/aromatic N) is 1. The zero-order valence-electron chi connectivity index (χ0n) is 13.9. The van der Waals surface area contributed by atoms with Gasteiger partial charge in [0.05, 0.1) is 4.92 Å². The van der Waals surface area contributed by atoms with Gasteiger partial charge >= 0.3 is 0 Å². The van der Waals surface area contributed by atoms with Crippen molar-refractivity contribution in [1.82, 2.24) is 10.6 Å². The molecule has 0 spiro atoms. The Labute approximate surface area is 154 Å². The van der Waals surface area contributed by atoms with Crippen molar-refractivity contribution in [3.05, 3.63) is 80.5 Å². The Morgan fingerprint density at radius 1 is 1.19 bits per heavy atom. The predicted molar refractivity (Wildman–Crippen MR) is 98.2 cm³/mol. The van der Waals surface area contributed by atoms with E-state index >= 15 is 0 Å². The molecule has 2 aromatic rings. The van der Waals surface area contributed by atoms with Crippen LogP contribution in [0.5, 0.6) is 0 Å². The van der Waals surface area contributed by atoms with Crippen molar-refractivity contribution < 1.29 is 14.5 Å². The van der Waals surface area contributed by atoms with Crippen molar-refractivity contribution in [2.75, 3.05) is 0 Å². The number of hydrogen-bond donors (Lipinski definition) is 2. The maximum Gasteiger partial charge on any atom is 0.270 e. The van der Waals surface area contributed by atoms with E-state index in [9.17, 15) is 19.7 Å². The van der Waals surface area contributed by atoms with Gasteiger partial charge in [-0.25, -0.2) is 0 Å². The van der Waals surface area contributed by atoms with Gasteiger partial charge in [0.25, 0.3) is 11.6 Å². The topological polar surface area (TPSA) is 101 Å². The molecule has 2 rings (SSSR count). The van der Waals surface area contributed by atoms with Crippen LogP contribution in [0.3, 0.4) is 0 Å². The molecular weight excluding hydrogens is 358 g/mol. The van der Waals surface area contributed by atoms with Crippen LogP contribution in [-0.4, -0.2) is 16.7 Å². The first kappa shape index (κ1) is 19.1. The van der Waals surface area contributed by atoms with Crippen LogP contribution in [0.15, 0.2) is 54.2 Å². The fourth-order valence-electron chi connectivity index (χ4n) is 2.16. The van der Waals surface area contributed by atoms with Gasteiger partial charge in [-0.3, -0.25) is 19.7 Å². The van der Waals surface area contributed by atoms with E-state index in [0.717, 1.165) is 5.56 Å². The van der Waals surface area contributed by atoms with Crippen molar-refractivity contribution >= 4 is 35.2 Å². The van der Waals surface area contributed by atoms with Crippen LogP contribution < -0.4 is 10.6 Å². The van der Waals surface area contributed by atoms with Gasteiger partial charge in [-0.2, -0.15) is 0 Å². The van der Waals surface area contributed by atoms with Crippen LogP contribution in [0.1, 0.15) is 18.1 Å². The number of carbonyl (C=O) groups excluding carboxylic acids is 2. The highest BCUT2D eigenvalue weighted by Crippen LogP contribution is 2.16. The van der Waals surface area contributed by atoms with Crippen LogP contribution in [0.25, 0.3) is 6.08 Å². The number of non-ortho nitro benzene ring substituents is 1. The highest BCUT2D eigenvalue weighted by atomic mass is 35.5. The molecule has 0 aromatic heterocycles. The van der Waals surface area contributed by atoms with Gasteiger partial charge in [0.1, 0.15) is 5.70 Å². The number of hydrogen-bond acceptors (Lipinski definition) is 4. The molecule has 0 bridgehead atoms. The summed E-state index contributed by atoms with van der Waals surface area (Å²) in [7, 11) is 0. The maximum atomic E-state index is 12.4. The Morgan fingerprint density at radius 2 is 1.92 bits per heavy atom. The summed E-state index contributed by atoms with van der Waals surface area (Å²) in [5, 5.41) is 16.5.